The fourth-order valence-corrected chi connectivity index (χ4v) is 3.48. The first-order valence-electron chi connectivity index (χ1n) is 8.06. The van der Waals surface area contributed by atoms with Gasteiger partial charge in [-0.1, -0.05) is 19.4 Å². The maximum atomic E-state index is 4.81. The van der Waals surface area contributed by atoms with Crippen LogP contribution in [0.15, 0.2) is 30.6 Å². The minimum absolute atomic E-state index is 0.606. The van der Waals surface area contributed by atoms with Crippen LogP contribution in [0.25, 0.3) is 22.2 Å². The van der Waals surface area contributed by atoms with Crippen LogP contribution in [0.3, 0.4) is 0 Å². The number of hydrogen-bond donors (Lipinski definition) is 0. The molecule has 1 aliphatic rings. The second kappa shape index (κ2) is 5.20. The van der Waals surface area contributed by atoms with Gasteiger partial charge in [-0.2, -0.15) is 0 Å². The highest BCUT2D eigenvalue weighted by atomic mass is 15.1. The Labute approximate surface area is 130 Å². The zero-order chi connectivity index (χ0) is 15.1. The first-order valence-corrected chi connectivity index (χ1v) is 8.06. The summed E-state index contributed by atoms with van der Waals surface area (Å²) in [6.45, 7) is 4.17. The third-order valence-corrected chi connectivity index (χ3v) is 4.57. The van der Waals surface area contributed by atoms with E-state index < -0.39 is 0 Å². The molecule has 1 atom stereocenters. The van der Waals surface area contributed by atoms with Crippen LogP contribution in [0.5, 0.6) is 0 Å². The molecule has 0 fully saturated rings. The van der Waals surface area contributed by atoms with E-state index in [9.17, 15) is 0 Å². The summed E-state index contributed by atoms with van der Waals surface area (Å²) in [5.74, 6) is 2.05. The Morgan fingerprint density at radius 2 is 2.00 bits per heavy atom. The molecule has 1 unspecified atom stereocenters. The normalized spacial score (nSPS) is 17.1. The topological polar surface area (TPSA) is 43.6 Å². The SMILES string of the molecule is CCCC1CCc2nc3ccc(-c4cnc(C)nc4)cc3n21. The molecule has 1 aliphatic heterocycles. The number of imidazole rings is 1. The molecule has 4 nitrogen and oxygen atoms in total. The first kappa shape index (κ1) is 13.4. The van der Waals surface area contributed by atoms with Gasteiger partial charge in [0.1, 0.15) is 11.6 Å². The fourth-order valence-electron chi connectivity index (χ4n) is 3.48. The number of benzene rings is 1. The molecule has 112 valence electrons. The van der Waals surface area contributed by atoms with Crippen LogP contribution in [-0.4, -0.2) is 19.5 Å². The summed E-state index contributed by atoms with van der Waals surface area (Å²) in [5, 5.41) is 0. The van der Waals surface area contributed by atoms with Crippen LogP contribution >= 0.6 is 0 Å². The molecule has 4 rings (SSSR count). The Hall–Kier alpha value is -2.23. The van der Waals surface area contributed by atoms with E-state index in [0.717, 1.165) is 28.9 Å². The smallest absolute Gasteiger partial charge is 0.125 e. The van der Waals surface area contributed by atoms with Crippen molar-refractivity contribution in [3.8, 4) is 11.1 Å². The van der Waals surface area contributed by atoms with Gasteiger partial charge in [0, 0.05) is 30.4 Å². The highest BCUT2D eigenvalue weighted by molar-refractivity contribution is 5.82. The molecular formula is C18H20N4. The molecule has 0 amide bonds. The van der Waals surface area contributed by atoms with Gasteiger partial charge in [-0.05, 0) is 37.5 Å². The van der Waals surface area contributed by atoms with Crippen molar-refractivity contribution >= 4 is 11.0 Å². The van der Waals surface area contributed by atoms with Gasteiger partial charge in [-0.25, -0.2) is 15.0 Å². The van der Waals surface area contributed by atoms with Crippen LogP contribution in [0.2, 0.25) is 0 Å². The lowest BCUT2D eigenvalue weighted by Gasteiger charge is -2.13. The van der Waals surface area contributed by atoms with Gasteiger partial charge in [0.05, 0.1) is 11.0 Å². The van der Waals surface area contributed by atoms with Crippen LogP contribution in [0, 0.1) is 6.92 Å². The van der Waals surface area contributed by atoms with Crippen LogP contribution in [0.4, 0.5) is 0 Å². The summed E-state index contributed by atoms with van der Waals surface area (Å²) in [7, 11) is 0. The quantitative estimate of drug-likeness (QED) is 0.730. The van der Waals surface area contributed by atoms with Crippen molar-refractivity contribution in [3.05, 3.63) is 42.2 Å². The third-order valence-electron chi connectivity index (χ3n) is 4.57. The average Bonchev–Trinajstić information content (AvgIpc) is 3.08. The molecule has 22 heavy (non-hydrogen) atoms. The molecule has 2 aromatic heterocycles. The Morgan fingerprint density at radius 1 is 1.18 bits per heavy atom. The van der Waals surface area contributed by atoms with E-state index in [-0.39, 0.29) is 0 Å². The lowest BCUT2D eigenvalue weighted by Crippen LogP contribution is -2.03. The summed E-state index contributed by atoms with van der Waals surface area (Å²) < 4.78 is 2.46. The summed E-state index contributed by atoms with van der Waals surface area (Å²) in [6.07, 6.45) is 8.57. The second-order valence-corrected chi connectivity index (χ2v) is 6.10. The highest BCUT2D eigenvalue weighted by Gasteiger charge is 2.25. The Kier molecular flexibility index (Phi) is 3.17. The fraction of sp³-hybridized carbons (Fsp3) is 0.389. The Morgan fingerprint density at radius 3 is 2.77 bits per heavy atom. The number of fused-ring (bicyclic) bond motifs is 3. The number of rotatable bonds is 3. The molecule has 0 saturated heterocycles. The van der Waals surface area contributed by atoms with Crippen molar-refractivity contribution in [3.63, 3.8) is 0 Å². The Balaban J connectivity index is 1.83. The van der Waals surface area contributed by atoms with Gasteiger partial charge < -0.3 is 4.57 Å². The predicted molar refractivity (Wildman–Crippen MR) is 87.8 cm³/mol. The maximum Gasteiger partial charge on any atom is 0.125 e. The highest BCUT2D eigenvalue weighted by Crippen LogP contribution is 2.35. The van der Waals surface area contributed by atoms with Gasteiger partial charge in [0.25, 0.3) is 0 Å². The third kappa shape index (κ3) is 2.10. The zero-order valence-electron chi connectivity index (χ0n) is 13.1. The number of nitrogens with zero attached hydrogens (tertiary/aromatic N) is 4. The minimum atomic E-state index is 0.606. The molecule has 3 aromatic rings. The molecular weight excluding hydrogens is 272 g/mol. The number of aromatic nitrogens is 4. The number of hydrogen-bond acceptors (Lipinski definition) is 3. The maximum absolute atomic E-state index is 4.81. The summed E-state index contributed by atoms with van der Waals surface area (Å²) >= 11 is 0. The average molecular weight is 292 g/mol. The van der Waals surface area contributed by atoms with Crippen molar-refractivity contribution in [2.75, 3.05) is 0 Å². The van der Waals surface area contributed by atoms with Crippen molar-refractivity contribution in [1.82, 2.24) is 19.5 Å². The van der Waals surface area contributed by atoms with E-state index in [1.807, 2.05) is 19.3 Å². The first-order chi connectivity index (χ1) is 10.8. The summed E-state index contributed by atoms with van der Waals surface area (Å²) in [4.78, 5) is 13.4. The summed E-state index contributed by atoms with van der Waals surface area (Å²) in [6, 6.07) is 7.09. The van der Waals surface area contributed by atoms with Gasteiger partial charge >= 0.3 is 0 Å². The standard InChI is InChI=1S/C18H20N4/c1-3-4-15-6-8-18-21-16-7-5-13(9-17(16)22(15)18)14-10-19-12(2)20-11-14/h5,7,9-11,15H,3-4,6,8H2,1-2H3. The lowest BCUT2D eigenvalue weighted by molar-refractivity contribution is 0.494. The molecule has 0 radical (unpaired) electrons. The van der Waals surface area contributed by atoms with E-state index in [2.05, 4.69) is 39.7 Å². The molecule has 0 aliphatic carbocycles. The van der Waals surface area contributed by atoms with Gasteiger partial charge in [0.2, 0.25) is 0 Å². The van der Waals surface area contributed by atoms with Crippen molar-refractivity contribution in [2.45, 2.75) is 45.6 Å². The van der Waals surface area contributed by atoms with Gasteiger partial charge in [0.15, 0.2) is 0 Å². The lowest BCUT2D eigenvalue weighted by atomic mass is 10.1. The van der Waals surface area contributed by atoms with Crippen LogP contribution in [0.1, 0.15) is 43.9 Å². The molecule has 3 heterocycles. The zero-order valence-corrected chi connectivity index (χ0v) is 13.1. The van der Waals surface area contributed by atoms with Gasteiger partial charge in [-0.15, -0.1) is 0 Å². The van der Waals surface area contributed by atoms with E-state index in [4.69, 9.17) is 4.98 Å². The molecule has 0 saturated carbocycles. The largest absolute Gasteiger partial charge is 0.325 e. The molecule has 0 spiro atoms. The van der Waals surface area contributed by atoms with Gasteiger partial charge in [-0.3, -0.25) is 0 Å². The van der Waals surface area contributed by atoms with Crippen molar-refractivity contribution < 1.29 is 0 Å². The molecule has 0 bridgehead atoms. The van der Waals surface area contributed by atoms with Crippen LogP contribution in [-0.2, 0) is 6.42 Å². The second-order valence-electron chi connectivity index (χ2n) is 6.10. The number of aryl methyl sites for hydroxylation is 2. The van der Waals surface area contributed by atoms with E-state index >= 15 is 0 Å². The van der Waals surface area contributed by atoms with E-state index in [0.29, 0.717) is 6.04 Å². The van der Waals surface area contributed by atoms with Crippen molar-refractivity contribution in [1.29, 1.82) is 0 Å². The summed E-state index contributed by atoms with van der Waals surface area (Å²) in [5.41, 5.74) is 4.59. The van der Waals surface area contributed by atoms with E-state index in [1.165, 1.54) is 30.6 Å². The molecule has 4 heteroatoms. The monoisotopic (exact) mass is 292 g/mol. The van der Waals surface area contributed by atoms with Crippen LogP contribution < -0.4 is 0 Å². The predicted octanol–water partition coefficient (Wildman–Crippen LogP) is 4.09. The van der Waals surface area contributed by atoms with Crippen molar-refractivity contribution in [2.24, 2.45) is 0 Å². The molecule has 0 N–H and O–H groups in total. The molecule has 1 aromatic carbocycles. The minimum Gasteiger partial charge on any atom is -0.325 e. The Bertz CT molecular complexity index is 817. The van der Waals surface area contributed by atoms with E-state index in [1.54, 1.807) is 0 Å².